The summed E-state index contributed by atoms with van der Waals surface area (Å²) in [4.78, 5) is 22.5. The summed E-state index contributed by atoms with van der Waals surface area (Å²) in [5, 5.41) is 11.5. The molecule has 1 rings (SSSR count). The Hall–Kier alpha value is -1.49. The highest BCUT2D eigenvalue weighted by atomic mass is 35.5. The highest BCUT2D eigenvalue weighted by Gasteiger charge is 2.23. The van der Waals surface area contributed by atoms with E-state index in [4.69, 9.17) is 21.1 Å². The molecule has 0 saturated carbocycles. The fourth-order valence-electron chi connectivity index (χ4n) is 1.36. The second-order valence-electron chi connectivity index (χ2n) is 4.01. The van der Waals surface area contributed by atoms with E-state index in [0.717, 1.165) is 0 Å². The lowest BCUT2D eigenvalue weighted by Crippen LogP contribution is -2.35. The Balaban J connectivity index is 2.59. The van der Waals surface area contributed by atoms with Gasteiger partial charge in [-0.25, -0.2) is 0 Å². The highest BCUT2D eigenvalue weighted by molar-refractivity contribution is 6.32. The van der Waals surface area contributed by atoms with Gasteiger partial charge < -0.3 is 14.8 Å². The van der Waals surface area contributed by atoms with Crippen LogP contribution in [0.1, 0.15) is 24.2 Å². The normalized spacial score (nSPS) is 12.5. The molecule has 6 heteroatoms. The van der Waals surface area contributed by atoms with Gasteiger partial charge in [-0.3, -0.25) is 9.59 Å². The molecule has 0 aromatic carbocycles. The Morgan fingerprint density at radius 3 is 2.59 bits per heavy atom. The van der Waals surface area contributed by atoms with Crippen molar-refractivity contribution in [3.8, 4) is 0 Å². The zero-order valence-corrected chi connectivity index (χ0v) is 10.3. The highest BCUT2D eigenvalue weighted by Crippen LogP contribution is 2.16. The molecule has 17 heavy (non-hydrogen) atoms. The molecule has 0 spiro atoms. The van der Waals surface area contributed by atoms with E-state index in [-0.39, 0.29) is 23.2 Å². The van der Waals surface area contributed by atoms with E-state index in [1.807, 2.05) is 0 Å². The van der Waals surface area contributed by atoms with Crippen molar-refractivity contribution in [3.05, 3.63) is 23.1 Å². The molecular formula is C11H14ClNO4. The van der Waals surface area contributed by atoms with Crippen LogP contribution in [0.15, 0.2) is 16.7 Å². The average Bonchev–Trinajstić information content (AvgIpc) is 2.63. The number of carbonyl (C=O) groups excluding carboxylic acids is 1. The largest absolute Gasteiger partial charge is 0.481 e. The zero-order chi connectivity index (χ0) is 13.0. The summed E-state index contributed by atoms with van der Waals surface area (Å²) in [7, 11) is 0. The van der Waals surface area contributed by atoms with Crippen LogP contribution in [0.5, 0.6) is 0 Å². The molecule has 1 amide bonds. The maximum Gasteiger partial charge on any atom is 0.308 e. The van der Waals surface area contributed by atoms with Crippen LogP contribution >= 0.6 is 11.6 Å². The van der Waals surface area contributed by atoms with Gasteiger partial charge in [0.25, 0.3) is 5.91 Å². The fraction of sp³-hybridized carbons (Fsp3) is 0.455. The summed E-state index contributed by atoms with van der Waals surface area (Å²) in [5.41, 5.74) is 0.208. The molecular weight excluding hydrogens is 246 g/mol. The van der Waals surface area contributed by atoms with Crippen molar-refractivity contribution in [3.63, 3.8) is 0 Å². The van der Waals surface area contributed by atoms with Gasteiger partial charge >= 0.3 is 5.97 Å². The number of hydrogen-bond acceptors (Lipinski definition) is 3. The Labute approximate surface area is 104 Å². The van der Waals surface area contributed by atoms with Crippen LogP contribution in [0.2, 0.25) is 5.22 Å². The number of aliphatic carboxylic acids is 1. The standard InChI is InChI=1S/C11H14ClNO4/c1-6(2)8(11(15)16)5-13-10(14)7-3-4-17-9(7)12/h3-4,6,8H,5H2,1-2H3,(H,13,14)(H,15,16). The van der Waals surface area contributed by atoms with Gasteiger partial charge in [0.2, 0.25) is 5.22 Å². The third-order valence-electron chi connectivity index (χ3n) is 2.47. The first kappa shape index (κ1) is 13.6. The molecule has 0 radical (unpaired) electrons. The molecule has 0 fully saturated rings. The number of amides is 1. The van der Waals surface area contributed by atoms with Gasteiger partial charge in [0.15, 0.2) is 0 Å². The van der Waals surface area contributed by atoms with Crippen molar-refractivity contribution in [2.75, 3.05) is 6.54 Å². The molecule has 0 aliphatic rings. The predicted molar refractivity (Wildman–Crippen MR) is 62.0 cm³/mol. The van der Waals surface area contributed by atoms with E-state index in [1.165, 1.54) is 12.3 Å². The molecule has 5 nitrogen and oxygen atoms in total. The summed E-state index contributed by atoms with van der Waals surface area (Å²) in [5.74, 6) is -2.05. The molecule has 0 aliphatic heterocycles. The van der Waals surface area contributed by atoms with Gasteiger partial charge in [0.05, 0.1) is 17.7 Å². The number of hydrogen-bond donors (Lipinski definition) is 2. The van der Waals surface area contributed by atoms with E-state index in [2.05, 4.69) is 5.32 Å². The van der Waals surface area contributed by atoms with Crippen LogP contribution in [-0.4, -0.2) is 23.5 Å². The van der Waals surface area contributed by atoms with Crippen molar-refractivity contribution >= 4 is 23.5 Å². The number of halogens is 1. The number of rotatable bonds is 5. The van der Waals surface area contributed by atoms with Crippen LogP contribution in [0, 0.1) is 11.8 Å². The van der Waals surface area contributed by atoms with Gasteiger partial charge in [0, 0.05) is 6.54 Å². The molecule has 1 aromatic rings. The molecule has 2 N–H and O–H groups in total. The monoisotopic (exact) mass is 259 g/mol. The van der Waals surface area contributed by atoms with Gasteiger partial charge in [-0.1, -0.05) is 13.8 Å². The third-order valence-corrected chi connectivity index (χ3v) is 2.76. The van der Waals surface area contributed by atoms with Gasteiger partial charge in [-0.15, -0.1) is 0 Å². The van der Waals surface area contributed by atoms with Crippen molar-refractivity contribution < 1.29 is 19.1 Å². The minimum atomic E-state index is -0.932. The Kier molecular flexibility index (Phi) is 4.57. The van der Waals surface area contributed by atoms with Crippen molar-refractivity contribution in [1.29, 1.82) is 0 Å². The summed E-state index contributed by atoms with van der Waals surface area (Å²) < 4.78 is 4.78. The molecule has 0 bridgehead atoms. The molecule has 1 aromatic heterocycles. The topological polar surface area (TPSA) is 79.5 Å². The SMILES string of the molecule is CC(C)C(CNC(=O)c1ccoc1Cl)C(=O)O. The number of carboxylic acids is 1. The Morgan fingerprint density at radius 2 is 2.18 bits per heavy atom. The molecule has 94 valence electrons. The first-order chi connectivity index (χ1) is 7.93. The number of nitrogens with one attached hydrogen (secondary N) is 1. The maximum atomic E-state index is 11.6. The summed E-state index contributed by atoms with van der Waals surface area (Å²) in [6.07, 6.45) is 1.30. The van der Waals surface area contributed by atoms with Crippen molar-refractivity contribution in [2.24, 2.45) is 11.8 Å². The van der Waals surface area contributed by atoms with Crippen LogP contribution in [0.3, 0.4) is 0 Å². The lowest BCUT2D eigenvalue weighted by Gasteiger charge is -2.16. The van der Waals surface area contributed by atoms with Crippen molar-refractivity contribution in [1.82, 2.24) is 5.32 Å². The van der Waals surface area contributed by atoms with Gasteiger partial charge in [-0.05, 0) is 23.6 Å². The molecule has 1 heterocycles. The predicted octanol–water partition coefficient (Wildman–Crippen LogP) is 2.02. The van der Waals surface area contributed by atoms with Crippen LogP contribution < -0.4 is 5.32 Å². The third kappa shape index (κ3) is 3.49. The molecule has 1 unspecified atom stereocenters. The minimum absolute atomic E-state index is 0.000998. The Morgan fingerprint density at radius 1 is 1.53 bits per heavy atom. The quantitative estimate of drug-likeness (QED) is 0.848. The summed E-state index contributed by atoms with van der Waals surface area (Å²) in [6.45, 7) is 3.64. The van der Waals surface area contributed by atoms with Gasteiger partial charge in [0.1, 0.15) is 0 Å². The molecule has 1 atom stereocenters. The van der Waals surface area contributed by atoms with Crippen LogP contribution in [-0.2, 0) is 4.79 Å². The average molecular weight is 260 g/mol. The Bertz CT molecular complexity index is 413. The maximum absolute atomic E-state index is 11.6. The minimum Gasteiger partial charge on any atom is -0.481 e. The van der Waals surface area contributed by atoms with Crippen molar-refractivity contribution in [2.45, 2.75) is 13.8 Å². The zero-order valence-electron chi connectivity index (χ0n) is 9.57. The van der Waals surface area contributed by atoms with E-state index in [0.29, 0.717) is 0 Å². The first-order valence-corrected chi connectivity index (χ1v) is 5.55. The van der Waals surface area contributed by atoms with E-state index in [1.54, 1.807) is 13.8 Å². The number of carbonyl (C=O) groups is 2. The summed E-state index contributed by atoms with van der Waals surface area (Å²) in [6, 6.07) is 1.43. The lowest BCUT2D eigenvalue weighted by atomic mass is 9.96. The molecule has 0 saturated heterocycles. The van der Waals surface area contributed by atoms with Gasteiger partial charge in [-0.2, -0.15) is 0 Å². The van der Waals surface area contributed by atoms with Crippen LogP contribution in [0.4, 0.5) is 0 Å². The second kappa shape index (κ2) is 5.72. The van der Waals surface area contributed by atoms with E-state index >= 15 is 0 Å². The smallest absolute Gasteiger partial charge is 0.308 e. The van der Waals surface area contributed by atoms with Crippen LogP contribution in [0.25, 0.3) is 0 Å². The second-order valence-corrected chi connectivity index (χ2v) is 4.35. The summed E-state index contributed by atoms with van der Waals surface area (Å²) >= 11 is 5.63. The van der Waals surface area contributed by atoms with E-state index in [9.17, 15) is 9.59 Å². The lowest BCUT2D eigenvalue weighted by molar-refractivity contribution is -0.142. The molecule has 0 aliphatic carbocycles. The van der Waals surface area contributed by atoms with E-state index < -0.39 is 17.8 Å². The number of carboxylic acid groups (broad SMARTS) is 1. The first-order valence-electron chi connectivity index (χ1n) is 5.17. The number of furan rings is 1. The fourth-order valence-corrected chi connectivity index (χ4v) is 1.56.